The van der Waals surface area contributed by atoms with E-state index >= 15 is 0 Å². The summed E-state index contributed by atoms with van der Waals surface area (Å²) in [5.41, 5.74) is -2.88. The third-order valence-electron chi connectivity index (χ3n) is 19.8. The number of esters is 9. The zero-order chi connectivity index (χ0) is 156. The molecule has 0 radical (unpaired) electrons. The van der Waals surface area contributed by atoms with Gasteiger partial charge in [0.05, 0.1) is 186 Å². The highest BCUT2D eigenvalue weighted by Gasteiger charge is 2.43. The fraction of sp³-hybridized carbons (Fsp3) is 0.636. The predicted molar refractivity (Wildman–Crippen MR) is 496 cm³/mol. The molecule has 36 nitrogen and oxygen atoms in total. The Labute approximate surface area is 885 Å². The maximum absolute atomic E-state index is 12.1. The maximum atomic E-state index is 12.1. The number of hydrogen-bond donors (Lipinski definition) is 0. The number of hydrogen-bond acceptors (Lipinski definition) is 27. The van der Waals surface area contributed by atoms with Crippen LogP contribution in [0.15, 0.2) is 113 Å². The summed E-state index contributed by atoms with van der Waals surface area (Å²) >= 11 is 0. The molecule has 9 aromatic rings. The van der Waals surface area contributed by atoms with Gasteiger partial charge in [0, 0.05) is 297 Å². The number of carbonyl (C=O) groups excluding carboxylic acids is 9. The molecule has 135 heavy (non-hydrogen) atoms. The lowest BCUT2D eigenvalue weighted by Gasteiger charge is -2.12. The van der Waals surface area contributed by atoms with E-state index in [4.69, 9.17) is 99.9 Å². The number of imidazole rings is 9. The minimum Gasteiger partial charge on any atom is -0.465 e. The summed E-state index contributed by atoms with van der Waals surface area (Å²) in [4.78, 5) is 140. The molecule has 9 aromatic heterocycles. The number of aromatic nitrogens is 18. The Kier molecular flexibility index (Phi) is 17.9. The van der Waals surface area contributed by atoms with E-state index in [1.54, 1.807) is 27.8 Å². The van der Waals surface area contributed by atoms with Crippen LogP contribution < -0.4 is 0 Å². The highest BCUT2D eigenvalue weighted by atomic mass is 16.6. The molecule has 0 aromatic carbocycles. The molecule has 18 rings (SSSR count). The van der Waals surface area contributed by atoms with Gasteiger partial charge in [0.2, 0.25) is 0 Å². The van der Waals surface area contributed by atoms with Crippen molar-refractivity contribution in [3.8, 4) is 0 Å². The Bertz CT molecular complexity index is 8540. The van der Waals surface area contributed by atoms with Crippen molar-refractivity contribution in [1.29, 1.82) is 0 Å². The maximum Gasteiger partial charge on any atom is 0.309 e. The summed E-state index contributed by atoms with van der Waals surface area (Å²) in [5, 5.41) is 0. The standard InChI is InChI=1S/9C11H16N2O2/c9*1-3-10-8(6-15-11(10)14)4-9-5-12-7-13(9)2/h9*5,7-8,10H,3-4,6H2,1-2H3/t9*8-,10-/m000000000/s1/i3D2,4D2,6D2,8D,10D;2D3,3D2,4D2,8D,10D;2D3,3D2,4D2,6D2,10D;4D2,6D2,8D,10D;2D3,4D2,8D,10D;2D3,4D2,6D2,10D;4D2,6D2,8D;2D3,4D2,8D;2D3,4D2,6D2. The first-order chi connectivity index (χ1) is 89.9. The van der Waals surface area contributed by atoms with Gasteiger partial charge in [-0.25, -0.2) is 44.9 Å². The molecule has 0 unspecified atom stereocenters. The second-order valence-electron chi connectivity index (χ2n) is 28.4. The topological polar surface area (TPSA) is 397 Å². The number of ether oxygens (including phenoxy) is 9. The first-order valence-electron chi connectivity index (χ1n) is 74.0. The van der Waals surface area contributed by atoms with Crippen molar-refractivity contribution in [2.24, 2.45) is 169 Å². The largest absolute Gasteiger partial charge is 0.465 e. The Morgan fingerprint density at radius 3 is 0.874 bits per heavy atom. The fourth-order valence-electron chi connectivity index (χ4n) is 12.5. The molecule has 0 bridgehead atoms. The summed E-state index contributed by atoms with van der Waals surface area (Å²) in [6.45, 7) is -23.6. The van der Waals surface area contributed by atoms with E-state index in [1.165, 1.54) is 73.7 Å². The Balaban J connectivity index is 0.000000225. The molecule has 9 aliphatic rings. The molecule has 18 atom stereocenters. The van der Waals surface area contributed by atoms with Crippen molar-refractivity contribution in [3.63, 3.8) is 0 Å². The number of cyclic esters (lactones) is 9. The highest BCUT2D eigenvalue weighted by molar-refractivity contribution is 5.78. The summed E-state index contributed by atoms with van der Waals surface area (Å²) in [7, 11) is 4.45. The smallest absolute Gasteiger partial charge is 0.309 e. The van der Waals surface area contributed by atoms with Crippen LogP contribution in [0.5, 0.6) is 0 Å². The normalized spacial score (nSPS) is 43.4. The van der Waals surface area contributed by atoms with E-state index in [0.717, 1.165) is 113 Å². The molecule has 0 amide bonds. The molecule has 738 valence electrons. The van der Waals surface area contributed by atoms with Crippen LogP contribution in [0.4, 0.5) is 0 Å². The van der Waals surface area contributed by atoms with E-state index in [9.17, 15) is 43.2 Å². The quantitative estimate of drug-likeness (QED) is 0.0341. The SMILES string of the molecule is [2H]C([2H])([2H])n1cncc1C([2H])([2H])[C@@]1([2H])COC(=O)[C@@]1([2H])C([2H])([2H])C.[2H]C([2H])([2H])n1cncc1C([2H])([2H])[C@@]1([2H])COC(=O)[C@@]1([2H])CC.[2H]C([2H])([2H])n1cncc1C([2H])([2H])[C@@]1([2H])COC(=O)[C@H]1CC.[2H]C1([2H])OC(=O)[C@@H](CC)[C@@]1([2H])C([2H])([2H])c1cncn1C.[2H]C1([2H])OC(=O)[C@@H](CC)[C@H]1C([2H])([2H])c1cncn1C([2H])([2H])[2H].[2H]C1([2H])OC(=O)[C@@]([2H])(C([2H])([2H])C)[C@@]1([2H])C([2H])([2H])c1cncn1C.[2H]C1([2H])OC(=O)[C@@]([2H])(C([2H])([2H])C)[C@H]1C([2H])([2H])c1cncn1C([2H])([2H])[2H].[2H]C1([2H])OC(=O)[C@@]([2H])(CC)[C@@]1([2H])C([2H])([2H])c1cncn1C.[2H]C1([2H])OC(=O)[C@@]([2H])(CC)[C@H]1C([2H])([2H])c1cncn1C([2H])([2H])[2H]. The van der Waals surface area contributed by atoms with Crippen LogP contribution in [0.2, 0.25) is 0 Å². The Hall–Kier alpha value is -11.9. The summed E-state index contributed by atoms with van der Waals surface area (Å²) < 4.78 is 571. The van der Waals surface area contributed by atoms with Crippen molar-refractivity contribution in [2.45, 2.75) is 177 Å². The predicted octanol–water partition coefficient (Wildman–Crippen LogP) is 10.5. The van der Waals surface area contributed by atoms with Gasteiger partial charge >= 0.3 is 53.7 Å². The van der Waals surface area contributed by atoms with Crippen LogP contribution in [0.3, 0.4) is 0 Å². The van der Waals surface area contributed by atoms with Gasteiger partial charge in [-0.1, -0.05) is 62.3 Å². The first kappa shape index (κ1) is 46.8. The molecule has 0 N–H and O–H groups in total. The molecule has 9 aliphatic heterocycles. The van der Waals surface area contributed by atoms with Crippen LogP contribution in [0, 0.1) is 106 Å². The second kappa shape index (κ2) is 51.7. The highest BCUT2D eigenvalue weighted by Crippen LogP contribution is 2.36. The van der Waals surface area contributed by atoms with Gasteiger partial charge in [0.15, 0.2) is 0 Å². The van der Waals surface area contributed by atoms with Gasteiger partial charge in [-0.3, -0.25) is 43.2 Å². The number of rotatable bonds is 27. The van der Waals surface area contributed by atoms with Crippen molar-refractivity contribution in [2.75, 3.05) is 59.2 Å². The molecule has 0 spiro atoms. The van der Waals surface area contributed by atoms with Crippen LogP contribution in [0.25, 0.3) is 0 Å². The minimum atomic E-state index is -3.22. The van der Waals surface area contributed by atoms with Gasteiger partial charge in [0.25, 0.3) is 0 Å². The Morgan fingerprint density at radius 2 is 0.489 bits per heavy atom. The Morgan fingerprint density at radius 1 is 0.259 bits per heavy atom. The molecule has 0 aliphatic carbocycles. The van der Waals surface area contributed by atoms with E-state index in [1.807, 2.05) is 0 Å². The van der Waals surface area contributed by atoms with Crippen LogP contribution in [-0.2, 0) is 206 Å². The van der Waals surface area contributed by atoms with Crippen LogP contribution >= 0.6 is 0 Å². The van der Waals surface area contributed by atoms with Crippen molar-refractivity contribution in [1.82, 2.24) is 86.0 Å². The van der Waals surface area contributed by atoms with Crippen molar-refractivity contribution < 1.29 is 176 Å². The molecular formula is C99H144N18O18. The average Bonchev–Trinajstić information content (AvgIpc) is 1.50. The monoisotopic (exact) mass is 1940 g/mol. The summed E-state index contributed by atoms with van der Waals surface area (Å²) in [6.07, 6.45) is -13.4. The second-order valence-corrected chi connectivity index (χ2v) is 28.4. The third kappa shape index (κ3) is 28.4. The molecule has 18 heterocycles. The first-order valence-corrected chi connectivity index (χ1v) is 41.0. The number of aryl methyl sites for hydroxylation is 9. The van der Waals surface area contributed by atoms with Gasteiger partial charge < -0.3 is 83.7 Å². The van der Waals surface area contributed by atoms with Crippen LogP contribution in [-0.4, -0.2) is 199 Å². The van der Waals surface area contributed by atoms with Crippen LogP contribution in [0.1, 0.15) is 262 Å². The number of carbonyl (C=O) groups is 9. The van der Waals surface area contributed by atoms with Gasteiger partial charge in [0.1, 0.15) is 0 Å². The zero-order valence-electron chi connectivity index (χ0n) is 141. The lowest BCUT2D eigenvalue weighted by molar-refractivity contribution is -0.142. The lowest BCUT2D eigenvalue weighted by atomic mass is 9.89. The summed E-state index contributed by atoms with van der Waals surface area (Å²) in [5.74, 6) is -49.8. The van der Waals surface area contributed by atoms with Crippen molar-refractivity contribution in [3.05, 3.63) is 164 Å². The van der Waals surface area contributed by atoms with E-state index in [-0.39, 0.29) is 72.7 Å². The van der Waals surface area contributed by atoms with Gasteiger partial charge in [-0.2, -0.15) is 0 Å². The fourth-order valence-corrected chi connectivity index (χ4v) is 12.5. The average molecular weight is 1940 g/mol. The van der Waals surface area contributed by atoms with E-state index in [0.29, 0.717) is 22.8 Å². The zero-order valence-corrected chi connectivity index (χ0v) is 74.6. The molecule has 9 fully saturated rings. The molecule has 9 saturated heterocycles. The molecule has 36 heteroatoms. The number of nitrogens with zero attached hydrogens (tertiary/aromatic N) is 18. The lowest BCUT2D eigenvalue weighted by Crippen LogP contribution is -2.18. The summed E-state index contributed by atoms with van der Waals surface area (Å²) in [6, 6.07) is 0. The van der Waals surface area contributed by atoms with E-state index in [2.05, 4.69) is 78.0 Å². The molecular weight excluding hydrogens is 1730 g/mol. The van der Waals surface area contributed by atoms with Crippen molar-refractivity contribution >= 4 is 53.7 Å². The van der Waals surface area contributed by atoms with E-state index < -0.39 is 355 Å². The van der Waals surface area contributed by atoms with Gasteiger partial charge in [-0.15, -0.1) is 0 Å². The van der Waals surface area contributed by atoms with Gasteiger partial charge in [-0.05, 0) is 115 Å². The third-order valence-corrected chi connectivity index (χ3v) is 19.8. The molecule has 0 saturated carbocycles. The minimum absolute atomic E-state index is 0.0353.